The third kappa shape index (κ3) is 6.40. The summed E-state index contributed by atoms with van der Waals surface area (Å²) >= 11 is 6.59. The van der Waals surface area contributed by atoms with Gasteiger partial charge in [0.2, 0.25) is 0 Å². The lowest BCUT2D eigenvalue weighted by atomic mass is 9.82. The number of fused-ring (bicyclic) bond motifs is 1. The molecule has 0 saturated carbocycles. The molecular weight excluding hydrogens is 555 g/mol. The van der Waals surface area contributed by atoms with E-state index in [-0.39, 0.29) is 11.2 Å². The van der Waals surface area contributed by atoms with Crippen LogP contribution in [0.15, 0.2) is 52.3 Å². The van der Waals surface area contributed by atoms with Crippen molar-refractivity contribution in [3.63, 3.8) is 0 Å². The van der Waals surface area contributed by atoms with Crippen LogP contribution in [0.4, 0.5) is 10.2 Å². The first-order valence-corrected chi connectivity index (χ1v) is 14.9. The molecule has 0 radical (unpaired) electrons. The average Bonchev–Trinajstić information content (AvgIpc) is 3.50. The first kappa shape index (κ1) is 30.2. The van der Waals surface area contributed by atoms with E-state index in [0.717, 1.165) is 71.1 Å². The Morgan fingerprint density at radius 1 is 1.17 bits per heavy atom. The van der Waals surface area contributed by atoms with Gasteiger partial charge in [-0.05, 0) is 87.3 Å². The maximum Gasteiger partial charge on any atom is 0.339 e. The number of nitrogens with zero attached hydrogens (tertiary/aromatic N) is 4. The Bertz CT molecular complexity index is 1560. The van der Waals surface area contributed by atoms with Crippen molar-refractivity contribution in [2.45, 2.75) is 78.9 Å². The van der Waals surface area contributed by atoms with Crippen LogP contribution in [-0.4, -0.2) is 46.9 Å². The van der Waals surface area contributed by atoms with Crippen molar-refractivity contribution in [1.29, 1.82) is 0 Å². The van der Waals surface area contributed by atoms with Crippen molar-refractivity contribution in [1.82, 2.24) is 9.38 Å². The van der Waals surface area contributed by atoms with Gasteiger partial charge in [0.15, 0.2) is 6.10 Å². The molecule has 0 unspecified atom stereocenters. The maximum atomic E-state index is 13.4. The van der Waals surface area contributed by atoms with Gasteiger partial charge in [0.1, 0.15) is 28.1 Å². The summed E-state index contributed by atoms with van der Waals surface area (Å²) in [6.07, 6.45) is 4.26. The summed E-state index contributed by atoms with van der Waals surface area (Å²) in [5.74, 6) is 0.188. The highest BCUT2D eigenvalue weighted by molar-refractivity contribution is 6.32. The highest BCUT2D eigenvalue weighted by Crippen LogP contribution is 2.40. The fourth-order valence-corrected chi connectivity index (χ4v) is 5.92. The molecule has 0 bridgehead atoms. The Morgan fingerprint density at radius 3 is 2.45 bits per heavy atom. The number of hydrogen-bond acceptors (Lipinski definition) is 6. The minimum Gasteiger partial charge on any atom is -0.467 e. The fraction of sp³-hybridized carbons (Fsp3) is 0.485. The SMILES string of the molecule is COC(=O)[C@@H](OC(C)(C)C)c1c(C)cc2nc(C3=NC(Cl)=C(Cc4ccc(F)cc4)C3)cn2c1N1CCC(C)(C)CC1. The molecule has 3 aromatic rings. The lowest BCUT2D eigenvalue weighted by Crippen LogP contribution is -2.40. The number of methoxy groups -OCH3 is 1. The zero-order valence-electron chi connectivity index (χ0n) is 25.6. The summed E-state index contributed by atoms with van der Waals surface area (Å²) in [5.41, 5.74) is 5.56. The lowest BCUT2D eigenvalue weighted by Gasteiger charge is -2.40. The van der Waals surface area contributed by atoms with E-state index in [1.165, 1.54) is 19.2 Å². The topological polar surface area (TPSA) is 68.4 Å². The van der Waals surface area contributed by atoms with Gasteiger partial charge < -0.3 is 14.4 Å². The largest absolute Gasteiger partial charge is 0.467 e. The van der Waals surface area contributed by atoms with E-state index >= 15 is 0 Å². The smallest absolute Gasteiger partial charge is 0.339 e. The molecule has 0 aliphatic carbocycles. The molecule has 2 aliphatic rings. The van der Waals surface area contributed by atoms with Crippen LogP contribution in [0.1, 0.15) is 82.4 Å². The lowest BCUT2D eigenvalue weighted by molar-refractivity contribution is -0.164. The Labute approximate surface area is 252 Å². The number of hydrogen-bond donors (Lipinski definition) is 0. The second kappa shape index (κ2) is 11.5. The van der Waals surface area contributed by atoms with E-state index < -0.39 is 17.7 Å². The normalized spacial score (nSPS) is 18.0. The number of imidazole rings is 1. The summed E-state index contributed by atoms with van der Waals surface area (Å²) in [5, 5.41) is 0.450. The van der Waals surface area contributed by atoms with Gasteiger partial charge in [-0.25, -0.2) is 19.2 Å². The standard InChI is InChI=1S/C33H40ClFN4O3/c1-20-16-26-36-25(24-18-22(29(34)37-24)17-21-8-10-23(35)11-9-21)19-39(26)30(38-14-12-33(5,6)13-15-38)27(20)28(31(40)41-7)42-32(2,3)4/h8-11,16,19,28H,12-15,17-18H2,1-7H3/t28-/m0/s1. The van der Waals surface area contributed by atoms with Gasteiger partial charge in [0, 0.05) is 31.3 Å². The molecule has 2 aliphatic heterocycles. The summed E-state index contributed by atoms with van der Waals surface area (Å²) < 4.78 is 27.1. The first-order chi connectivity index (χ1) is 19.7. The molecule has 0 spiro atoms. The van der Waals surface area contributed by atoms with E-state index in [0.29, 0.717) is 18.0 Å². The van der Waals surface area contributed by atoms with Crippen LogP contribution < -0.4 is 4.90 Å². The van der Waals surface area contributed by atoms with Crippen molar-refractivity contribution < 1.29 is 18.7 Å². The number of aryl methyl sites for hydroxylation is 1. The molecule has 1 saturated heterocycles. The summed E-state index contributed by atoms with van der Waals surface area (Å²) in [7, 11) is 1.39. The zero-order chi connectivity index (χ0) is 30.4. The second-order valence-corrected chi connectivity index (χ2v) is 13.5. The van der Waals surface area contributed by atoms with Gasteiger partial charge >= 0.3 is 5.97 Å². The monoisotopic (exact) mass is 594 g/mol. The van der Waals surface area contributed by atoms with Gasteiger partial charge in [0.25, 0.3) is 0 Å². The Balaban J connectivity index is 1.57. The fourth-order valence-electron chi connectivity index (χ4n) is 5.68. The molecule has 0 N–H and O–H groups in total. The number of ether oxygens (including phenoxy) is 2. The van der Waals surface area contributed by atoms with E-state index in [4.69, 9.17) is 26.1 Å². The Kier molecular flexibility index (Phi) is 8.25. The van der Waals surface area contributed by atoms with Crippen LogP contribution in [0, 0.1) is 18.2 Å². The Morgan fingerprint density at radius 2 is 1.83 bits per heavy atom. The number of allylic oxidation sites excluding steroid dienone is 1. The summed E-state index contributed by atoms with van der Waals surface area (Å²) in [6.45, 7) is 14.1. The highest BCUT2D eigenvalue weighted by Gasteiger charge is 2.36. The van der Waals surface area contributed by atoms with Gasteiger partial charge in [0.05, 0.1) is 18.4 Å². The highest BCUT2D eigenvalue weighted by atomic mass is 35.5. The van der Waals surface area contributed by atoms with E-state index in [1.807, 2.05) is 40.0 Å². The zero-order valence-corrected chi connectivity index (χ0v) is 26.3. The van der Waals surface area contributed by atoms with Gasteiger partial charge in [-0.1, -0.05) is 37.6 Å². The van der Waals surface area contributed by atoms with Crippen LogP contribution in [0.5, 0.6) is 0 Å². The first-order valence-electron chi connectivity index (χ1n) is 14.5. The van der Waals surface area contributed by atoms with Crippen LogP contribution >= 0.6 is 11.6 Å². The minimum absolute atomic E-state index is 0.241. The molecule has 224 valence electrons. The van der Waals surface area contributed by atoms with Crippen molar-refractivity contribution in [3.8, 4) is 0 Å². The van der Waals surface area contributed by atoms with Crippen molar-refractivity contribution in [2.24, 2.45) is 10.4 Å². The number of carbonyl (C=O) groups excluding carboxylic acids is 1. The van der Waals surface area contributed by atoms with Gasteiger partial charge in [-0.2, -0.15) is 0 Å². The van der Waals surface area contributed by atoms with Gasteiger partial charge in [-0.3, -0.25) is 4.40 Å². The third-order valence-electron chi connectivity index (χ3n) is 8.07. The molecule has 9 heteroatoms. The van der Waals surface area contributed by atoms with E-state index in [2.05, 4.69) is 28.1 Å². The summed E-state index contributed by atoms with van der Waals surface area (Å²) in [4.78, 5) is 25.2. The van der Waals surface area contributed by atoms with Crippen LogP contribution in [0.3, 0.4) is 0 Å². The molecular formula is C33H40ClFN4O3. The molecule has 4 heterocycles. The van der Waals surface area contributed by atoms with Crippen molar-refractivity contribution >= 4 is 34.7 Å². The van der Waals surface area contributed by atoms with Gasteiger partial charge in [-0.15, -0.1) is 0 Å². The Hall–Kier alpha value is -3.23. The maximum absolute atomic E-state index is 13.4. The number of rotatable bonds is 7. The second-order valence-electron chi connectivity index (χ2n) is 13.1. The molecule has 0 amide bonds. The van der Waals surface area contributed by atoms with Crippen molar-refractivity contribution in [3.05, 3.63) is 75.5 Å². The molecule has 1 fully saturated rings. The molecule has 42 heavy (non-hydrogen) atoms. The van der Waals surface area contributed by atoms with E-state index in [1.54, 1.807) is 12.1 Å². The number of carbonyl (C=O) groups is 1. The molecule has 2 aromatic heterocycles. The van der Waals surface area contributed by atoms with Crippen LogP contribution in [-0.2, 0) is 20.7 Å². The molecule has 7 nitrogen and oxygen atoms in total. The number of anilines is 1. The predicted octanol–water partition coefficient (Wildman–Crippen LogP) is 7.32. The van der Waals surface area contributed by atoms with E-state index in [9.17, 15) is 9.18 Å². The number of esters is 1. The number of aromatic nitrogens is 2. The predicted molar refractivity (Wildman–Crippen MR) is 165 cm³/mol. The molecule has 1 aromatic carbocycles. The molecule has 5 rings (SSSR count). The third-order valence-corrected chi connectivity index (χ3v) is 8.42. The number of benzene rings is 1. The number of piperidine rings is 1. The van der Waals surface area contributed by atoms with Crippen LogP contribution in [0.25, 0.3) is 5.65 Å². The van der Waals surface area contributed by atoms with Crippen molar-refractivity contribution in [2.75, 3.05) is 25.1 Å². The summed E-state index contributed by atoms with van der Waals surface area (Å²) in [6, 6.07) is 8.43. The van der Waals surface area contributed by atoms with Crippen LogP contribution in [0.2, 0.25) is 0 Å². The number of pyridine rings is 1. The molecule has 1 atom stereocenters. The minimum atomic E-state index is -0.905. The average molecular weight is 595 g/mol. The number of aliphatic imine (C=N–C) groups is 1. The number of halogens is 2. The quantitative estimate of drug-likeness (QED) is 0.212.